The summed E-state index contributed by atoms with van der Waals surface area (Å²) >= 11 is 0. The second kappa shape index (κ2) is 4.16. The Morgan fingerprint density at radius 2 is 1.94 bits per heavy atom. The van der Waals surface area contributed by atoms with E-state index in [0.29, 0.717) is 22.7 Å². The van der Waals surface area contributed by atoms with Crippen LogP contribution in [0.25, 0.3) is 0 Å². The monoisotopic (exact) mass is 236 g/mol. The summed E-state index contributed by atoms with van der Waals surface area (Å²) in [7, 11) is 1.75. The smallest absolute Gasteiger partial charge is 0.256 e. The van der Waals surface area contributed by atoms with E-state index in [-0.39, 0.29) is 18.7 Å². The van der Waals surface area contributed by atoms with Gasteiger partial charge in [-0.15, -0.1) is 0 Å². The van der Waals surface area contributed by atoms with Crippen LogP contribution in [0.2, 0.25) is 0 Å². The Morgan fingerprint density at radius 1 is 1.35 bits per heavy atom. The Morgan fingerprint density at radius 3 is 2.53 bits per heavy atom. The van der Waals surface area contributed by atoms with Gasteiger partial charge in [-0.2, -0.15) is 0 Å². The molecular weight excluding hydrogens is 220 g/mol. The number of nitrogens with two attached hydrogens (primary N) is 1. The first kappa shape index (κ1) is 11.6. The maximum atomic E-state index is 12.2. The minimum atomic E-state index is -0.115. The van der Waals surface area contributed by atoms with E-state index in [1.807, 2.05) is 13.8 Å². The number of nitrogens with zero attached hydrogens (tertiary/aromatic N) is 1. The number of hydrogen-bond donors (Lipinski definition) is 1. The van der Waals surface area contributed by atoms with E-state index in [2.05, 4.69) is 0 Å². The topological polar surface area (TPSA) is 64.8 Å². The second-order valence-corrected chi connectivity index (χ2v) is 4.30. The molecule has 5 nitrogen and oxygen atoms in total. The number of benzene rings is 1. The molecule has 2 N–H and O–H groups in total. The molecule has 1 aromatic rings. The number of hydrogen-bond acceptors (Lipinski definition) is 4. The summed E-state index contributed by atoms with van der Waals surface area (Å²) < 4.78 is 10.4. The fourth-order valence-electron chi connectivity index (χ4n) is 1.57. The molecule has 0 aliphatic carbocycles. The average Bonchev–Trinajstić information content (AvgIpc) is 2.72. The van der Waals surface area contributed by atoms with E-state index in [4.69, 9.17) is 15.2 Å². The molecule has 0 fully saturated rings. The summed E-state index contributed by atoms with van der Waals surface area (Å²) in [6.07, 6.45) is 0. The number of nitrogen functional groups attached to an aromatic ring is 1. The molecule has 5 heteroatoms. The van der Waals surface area contributed by atoms with Crippen LogP contribution in [0.4, 0.5) is 5.69 Å². The zero-order valence-electron chi connectivity index (χ0n) is 10.2. The number of rotatable bonds is 2. The molecule has 2 rings (SSSR count). The summed E-state index contributed by atoms with van der Waals surface area (Å²) in [5.41, 5.74) is 6.71. The lowest BCUT2D eigenvalue weighted by Crippen LogP contribution is -2.33. The molecule has 1 aliphatic heterocycles. The van der Waals surface area contributed by atoms with Gasteiger partial charge in [-0.25, -0.2) is 0 Å². The van der Waals surface area contributed by atoms with Gasteiger partial charge in [0, 0.05) is 24.8 Å². The van der Waals surface area contributed by atoms with Gasteiger partial charge < -0.3 is 20.1 Å². The fourth-order valence-corrected chi connectivity index (χ4v) is 1.57. The van der Waals surface area contributed by atoms with Crippen LogP contribution in [0, 0.1) is 0 Å². The summed E-state index contributed by atoms with van der Waals surface area (Å²) in [4.78, 5) is 13.8. The molecule has 17 heavy (non-hydrogen) atoms. The van der Waals surface area contributed by atoms with Gasteiger partial charge in [-0.05, 0) is 19.9 Å². The van der Waals surface area contributed by atoms with E-state index in [0.717, 1.165) is 0 Å². The highest BCUT2D eigenvalue weighted by molar-refractivity contribution is 6.00. The van der Waals surface area contributed by atoms with Crippen LogP contribution in [0.3, 0.4) is 0 Å². The van der Waals surface area contributed by atoms with Crippen molar-refractivity contribution < 1.29 is 14.3 Å². The summed E-state index contributed by atoms with van der Waals surface area (Å²) in [5, 5.41) is 0. The SMILES string of the molecule is CC(C)N(C)C(=O)c1cc2c(cc1N)OCO2. The molecule has 1 amide bonds. The van der Waals surface area contributed by atoms with Crippen LogP contribution < -0.4 is 15.2 Å². The predicted octanol–water partition coefficient (Wildman–Crippen LogP) is 1.48. The standard InChI is InChI=1S/C12H16N2O3/c1-7(2)14(3)12(15)8-4-10-11(5-9(8)13)17-6-16-10/h4-5,7H,6,13H2,1-3H3. The van der Waals surface area contributed by atoms with Gasteiger partial charge in [0.05, 0.1) is 5.56 Å². The van der Waals surface area contributed by atoms with Crippen LogP contribution in [-0.2, 0) is 0 Å². The molecule has 1 aromatic carbocycles. The van der Waals surface area contributed by atoms with Gasteiger partial charge in [0.25, 0.3) is 5.91 Å². The largest absolute Gasteiger partial charge is 0.454 e. The molecule has 92 valence electrons. The van der Waals surface area contributed by atoms with E-state index >= 15 is 0 Å². The molecule has 0 saturated heterocycles. The summed E-state index contributed by atoms with van der Waals surface area (Å²) in [5.74, 6) is 1.04. The Balaban J connectivity index is 2.36. The van der Waals surface area contributed by atoms with Gasteiger partial charge in [0.15, 0.2) is 11.5 Å². The number of carbonyl (C=O) groups excluding carboxylic acids is 1. The predicted molar refractivity (Wildman–Crippen MR) is 64.2 cm³/mol. The molecule has 0 spiro atoms. The zero-order chi connectivity index (χ0) is 12.6. The number of anilines is 1. The maximum Gasteiger partial charge on any atom is 0.256 e. The molecule has 0 radical (unpaired) electrons. The van der Waals surface area contributed by atoms with Gasteiger partial charge >= 0.3 is 0 Å². The minimum Gasteiger partial charge on any atom is -0.454 e. The zero-order valence-corrected chi connectivity index (χ0v) is 10.2. The fraction of sp³-hybridized carbons (Fsp3) is 0.417. The molecule has 0 aromatic heterocycles. The molecule has 1 heterocycles. The lowest BCUT2D eigenvalue weighted by molar-refractivity contribution is 0.0755. The van der Waals surface area contributed by atoms with Crippen molar-refractivity contribution in [3.8, 4) is 11.5 Å². The summed E-state index contributed by atoms with van der Waals surface area (Å²) in [6.45, 7) is 4.06. The molecular formula is C12H16N2O3. The quantitative estimate of drug-likeness (QED) is 0.790. The number of ether oxygens (including phenoxy) is 2. The number of carbonyl (C=O) groups is 1. The Labute approximate surface area is 100 Å². The van der Waals surface area contributed by atoms with Crippen molar-refractivity contribution >= 4 is 11.6 Å². The first-order valence-corrected chi connectivity index (χ1v) is 5.47. The van der Waals surface area contributed by atoms with Crippen molar-refractivity contribution in [3.63, 3.8) is 0 Å². The van der Waals surface area contributed by atoms with Crippen LogP contribution in [0.1, 0.15) is 24.2 Å². The van der Waals surface area contributed by atoms with Gasteiger partial charge in [0.2, 0.25) is 6.79 Å². The maximum absolute atomic E-state index is 12.2. The van der Waals surface area contributed by atoms with Crippen LogP contribution in [0.5, 0.6) is 11.5 Å². The third kappa shape index (κ3) is 2.00. The number of fused-ring (bicyclic) bond motifs is 1. The van der Waals surface area contributed by atoms with E-state index in [9.17, 15) is 4.79 Å². The van der Waals surface area contributed by atoms with E-state index < -0.39 is 0 Å². The van der Waals surface area contributed by atoms with E-state index in [1.165, 1.54) is 0 Å². The summed E-state index contributed by atoms with van der Waals surface area (Å²) in [6, 6.07) is 3.38. The molecule has 0 unspecified atom stereocenters. The van der Waals surface area contributed by atoms with Crippen molar-refractivity contribution in [2.75, 3.05) is 19.6 Å². The Bertz CT molecular complexity index is 457. The highest BCUT2D eigenvalue weighted by Gasteiger charge is 2.22. The Hall–Kier alpha value is -1.91. The van der Waals surface area contributed by atoms with Crippen molar-refractivity contribution in [3.05, 3.63) is 17.7 Å². The lowest BCUT2D eigenvalue weighted by Gasteiger charge is -2.22. The number of amides is 1. The van der Waals surface area contributed by atoms with Crippen LogP contribution in [-0.4, -0.2) is 30.7 Å². The lowest BCUT2D eigenvalue weighted by atomic mass is 10.1. The Kier molecular flexibility index (Phi) is 2.83. The molecule has 0 atom stereocenters. The molecule has 0 saturated carbocycles. The average molecular weight is 236 g/mol. The molecule has 1 aliphatic rings. The van der Waals surface area contributed by atoms with Crippen molar-refractivity contribution in [2.24, 2.45) is 0 Å². The first-order valence-electron chi connectivity index (χ1n) is 5.47. The van der Waals surface area contributed by atoms with Crippen LogP contribution in [0.15, 0.2) is 12.1 Å². The van der Waals surface area contributed by atoms with E-state index in [1.54, 1.807) is 24.1 Å². The third-order valence-corrected chi connectivity index (χ3v) is 2.87. The van der Waals surface area contributed by atoms with Crippen LogP contribution >= 0.6 is 0 Å². The highest BCUT2D eigenvalue weighted by atomic mass is 16.7. The van der Waals surface area contributed by atoms with Gasteiger partial charge in [-0.1, -0.05) is 0 Å². The first-order chi connectivity index (χ1) is 8.00. The minimum absolute atomic E-state index is 0.115. The van der Waals surface area contributed by atoms with Crippen molar-refractivity contribution in [2.45, 2.75) is 19.9 Å². The van der Waals surface area contributed by atoms with Gasteiger partial charge in [0.1, 0.15) is 0 Å². The highest BCUT2D eigenvalue weighted by Crippen LogP contribution is 2.36. The van der Waals surface area contributed by atoms with Crippen molar-refractivity contribution in [1.29, 1.82) is 0 Å². The van der Waals surface area contributed by atoms with Gasteiger partial charge in [-0.3, -0.25) is 4.79 Å². The molecule has 0 bridgehead atoms. The normalized spacial score (nSPS) is 12.9. The van der Waals surface area contributed by atoms with Crippen molar-refractivity contribution in [1.82, 2.24) is 4.90 Å². The second-order valence-electron chi connectivity index (χ2n) is 4.30. The third-order valence-electron chi connectivity index (χ3n) is 2.87.